The van der Waals surface area contributed by atoms with Gasteiger partial charge in [-0.3, -0.25) is 19.7 Å². The minimum absolute atomic E-state index is 0.0410. The minimum atomic E-state index is -0.351. The summed E-state index contributed by atoms with van der Waals surface area (Å²) in [6, 6.07) is 3.55. The van der Waals surface area contributed by atoms with Crippen molar-refractivity contribution in [1.29, 1.82) is 0 Å². The summed E-state index contributed by atoms with van der Waals surface area (Å²) in [5, 5.41) is 5.01. The van der Waals surface area contributed by atoms with Crippen LogP contribution in [0.3, 0.4) is 0 Å². The summed E-state index contributed by atoms with van der Waals surface area (Å²) in [6.07, 6.45) is 0.677. The van der Waals surface area contributed by atoms with Crippen LogP contribution in [-0.2, 0) is 11.2 Å². The van der Waals surface area contributed by atoms with Crippen LogP contribution in [-0.4, -0.2) is 65.6 Å². The summed E-state index contributed by atoms with van der Waals surface area (Å²) >= 11 is 2.55. The lowest BCUT2D eigenvalue weighted by atomic mass is 9.88. The highest BCUT2D eigenvalue weighted by Crippen LogP contribution is 2.33. The van der Waals surface area contributed by atoms with E-state index in [2.05, 4.69) is 15.2 Å². The Morgan fingerprint density at radius 2 is 2.00 bits per heavy atom. The number of thiophene rings is 1. The molecule has 7 nitrogen and oxygen atoms in total. The fourth-order valence-corrected chi connectivity index (χ4v) is 4.97. The van der Waals surface area contributed by atoms with Gasteiger partial charge in [-0.25, -0.2) is 4.98 Å². The summed E-state index contributed by atoms with van der Waals surface area (Å²) in [7, 11) is 2.04. The number of carbonyl (C=O) groups is 3. The van der Waals surface area contributed by atoms with Gasteiger partial charge in [0.05, 0.1) is 21.4 Å². The lowest BCUT2D eigenvalue weighted by molar-refractivity contribution is -0.137. The minimum Gasteiger partial charge on any atom is -0.340 e. The van der Waals surface area contributed by atoms with Crippen molar-refractivity contribution in [2.24, 2.45) is 5.92 Å². The first-order valence-electron chi connectivity index (χ1n) is 8.86. The quantitative estimate of drug-likeness (QED) is 0.846. The largest absolute Gasteiger partial charge is 0.340 e. The van der Waals surface area contributed by atoms with E-state index in [0.29, 0.717) is 40.1 Å². The number of amides is 2. The van der Waals surface area contributed by atoms with E-state index in [9.17, 15) is 14.4 Å². The van der Waals surface area contributed by atoms with Gasteiger partial charge in [0.15, 0.2) is 10.9 Å². The third-order valence-electron chi connectivity index (χ3n) is 4.95. The molecule has 1 N–H and O–H groups in total. The summed E-state index contributed by atoms with van der Waals surface area (Å²) < 4.78 is 0. The van der Waals surface area contributed by atoms with Crippen LogP contribution in [0.2, 0.25) is 0 Å². The van der Waals surface area contributed by atoms with E-state index >= 15 is 0 Å². The van der Waals surface area contributed by atoms with Gasteiger partial charge in [-0.1, -0.05) is 17.4 Å². The van der Waals surface area contributed by atoms with Crippen molar-refractivity contribution < 1.29 is 14.4 Å². The van der Waals surface area contributed by atoms with E-state index < -0.39 is 0 Å². The Bertz CT molecular complexity index is 869. The lowest BCUT2D eigenvalue weighted by Gasteiger charge is -2.35. The summed E-state index contributed by atoms with van der Waals surface area (Å²) in [4.78, 5) is 47.2. The molecular formula is C18H20N4O3S2. The molecule has 9 heteroatoms. The highest BCUT2D eigenvalue weighted by atomic mass is 32.1. The summed E-state index contributed by atoms with van der Waals surface area (Å²) in [5.74, 6) is -0.595. The molecule has 2 aromatic rings. The highest BCUT2D eigenvalue weighted by molar-refractivity contribution is 7.18. The highest BCUT2D eigenvalue weighted by Gasteiger charge is 2.35. The maximum atomic E-state index is 12.8. The van der Waals surface area contributed by atoms with Crippen molar-refractivity contribution in [3.05, 3.63) is 33.0 Å². The molecule has 0 aromatic carbocycles. The van der Waals surface area contributed by atoms with E-state index in [4.69, 9.17) is 0 Å². The number of hydrogen-bond donors (Lipinski definition) is 1. The van der Waals surface area contributed by atoms with Crippen LogP contribution in [0.25, 0.3) is 0 Å². The molecule has 27 heavy (non-hydrogen) atoms. The van der Waals surface area contributed by atoms with Crippen molar-refractivity contribution in [2.75, 3.05) is 38.5 Å². The Hall–Kier alpha value is -2.10. The standard InChI is InChI=1S/C18H20N4O3S2/c1-21-4-6-22(7-5-21)17(25)11-9-12-15(13(23)10-11)27-18(19-12)20-16(24)14-3-2-8-26-14/h2-3,8,11H,4-7,9-10H2,1H3,(H,19,20,24)/t11-/m0/s1. The fraction of sp³-hybridized carbons (Fsp3) is 0.444. The van der Waals surface area contributed by atoms with Gasteiger partial charge in [0.2, 0.25) is 5.91 Å². The Morgan fingerprint density at radius 3 is 2.70 bits per heavy atom. The monoisotopic (exact) mass is 404 g/mol. The van der Waals surface area contributed by atoms with Gasteiger partial charge in [0.1, 0.15) is 0 Å². The van der Waals surface area contributed by atoms with Crippen molar-refractivity contribution in [3.63, 3.8) is 0 Å². The normalized spacial score (nSPS) is 20.4. The van der Waals surface area contributed by atoms with Crippen LogP contribution in [0.5, 0.6) is 0 Å². The number of nitrogens with zero attached hydrogens (tertiary/aromatic N) is 3. The molecule has 1 fully saturated rings. The number of likely N-dealkylation sites (N-methyl/N-ethyl adjacent to an activating group) is 1. The maximum Gasteiger partial charge on any atom is 0.267 e. The Labute approximate surface area is 165 Å². The summed E-state index contributed by atoms with van der Waals surface area (Å²) in [5.41, 5.74) is 0.630. The van der Waals surface area contributed by atoms with Gasteiger partial charge in [-0.05, 0) is 18.5 Å². The van der Waals surface area contributed by atoms with Gasteiger partial charge in [-0.15, -0.1) is 11.3 Å². The molecule has 1 aliphatic heterocycles. The van der Waals surface area contributed by atoms with E-state index in [0.717, 1.165) is 13.1 Å². The predicted molar refractivity (Wildman–Crippen MR) is 105 cm³/mol. The van der Waals surface area contributed by atoms with Gasteiger partial charge in [-0.2, -0.15) is 0 Å². The maximum absolute atomic E-state index is 12.8. The van der Waals surface area contributed by atoms with Crippen molar-refractivity contribution in [1.82, 2.24) is 14.8 Å². The molecule has 1 saturated heterocycles. The van der Waals surface area contributed by atoms with Crippen molar-refractivity contribution in [3.8, 4) is 0 Å². The van der Waals surface area contributed by atoms with E-state index in [1.807, 2.05) is 23.4 Å². The van der Waals surface area contributed by atoms with E-state index in [-0.39, 0.29) is 29.9 Å². The first-order chi connectivity index (χ1) is 13.0. The molecule has 0 spiro atoms. The van der Waals surface area contributed by atoms with Crippen molar-refractivity contribution in [2.45, 2.75) is 12.8 Å². The molecule has 0 radical (unpaired) electrons. The number of nitrogens with one attached hydrogen (secondary N) is 1. The van der Waals surface area contributed by atoms with E-state index in [1.54, 1.807) is 6.07 Å². The third kappa shape index (κ3) is 3.80. The van der Waals surface area contributed by atoms with Crippen LogP contribution in [0.1, 0.15) is 31.5 Å². The molecular weight excluding hydrogens is 384 g/mol. The molecule has 0 unspecified atom stereocenters. The molecule has 1 aliphatic carbocycles. The molecule has 4 rings (SSSR count). The number of thiazole rings is 1. The molecule has 0 saturated carbocycles. The molecule has 0 bridgehead atoms. The number of ketones is 1. The van der Waals surface area contributed by atoms with E-state index in [1.165, 1.54) is 22.7 Å². The number of hydrogen-bond acceptors (Lipinski definition) is 7. The number of carbonyl (C=O) groups excluding carboxylic acids is 3. The average molecular weight is 405 g/mol. The van der Waals surface area contributed by atoms with Gasteiger partial charge >= 0.3 is 0 Å². The molecule has 2 aromatic heterocycles. The number of rotatable bonds is 3. The van der Waals surface area contributed by atoms with Crippen LogP contribution in [0, 0.1) is 5.92 Å². The predicted octanol–water partition coefficient (Wildman–Crippen LogP) is 1.98. The average Bonchev–Trinajstić information content (AvgIpc) is 3.31. The molecule has 1 atom stereocenters. The summed E-state index contributed by atoms with van der Waals surface area (Å²) in [6.45, 7) is 3.11. The Kier molecular flexibility index (Phi) is 5.07. The van der Waals surface area contributed by atoms with Gasteiger partial charge in [0, 0.05) is 39.0 Å². The molecule has 142 valence electrons. The number of fused-ring (bicyclic) bond motifs is 1. The zero-order chi connectivity index (χ0) is 19.0. The second-order valence-electron chi connectivity index (χ2n) is 6.88. The molecule has 3 heterocycles. The third-order valence-corrected chi connectivity index (χ3v) is 6.87. The lowest BCUT2D eigenvalue weighted by Crippen LogP contribution is -2.50. The number of aromatic nitrogens is 1. The van der Waals surface area contributed by atoms with Gasteiger partial charge in [0.25, 0.3) is 5.91 Å². The van der Waals surface area contributed by atoms with Gasteiger partial charge < -0.3 is 9.80 Å². The van der Waals surface area contributed by atoms with Crippen LogP contribution >= 0.6 is 22.7 Å². The topological polar surface area (TPSA) is 82.6 Å². The molecule has 2 amide bonds. The number of anilines is 1. The fourth-order valence-electron chi connectivity index (χ4n) is 3.41. The van der Waals surface area contributed by atoms with Crippen LogP contribution < -0.4 is 5.32 Å². The Morgan fingerprint density at radius 1 is 1.22 bits per heavy atom. The Balaban J connectivity index is 1.46. The first kappa shape index (κ1) is 18.3. The second-order valence-corrected chi connectivity index (χ2v) is 8.83. The van der Waals surface area contributed by atoms with Crippen LogP contribution in [0.4, 0.5) is 5.13 Å². The smallest absolute Gasteiger partial charge is 0.267 e. The second kappa shape index (κ2) is 7.49. The number of Topliss-reactive ketones (excluding diaryl/α,β-unsaturated/α-hetero) is 1. The SMILES string of the molecule is CN1CCN(C(=O)[C@@H]2CC(=O)c3sc(NC(=O)c4cccs4)nc3C2)CC1. The first-order valence-corrected chi connectivity index (χ1v) is 10.6. The van der Waals surface area contributed by atoms with Crippen molar-refractivity contribution >= 4 is 45.4 Å². The number of piperazine rings is 1. The van der Waals surface area contributed by atoms with Crippen LogP contribution in [0.15, 0.2) is 17.5 Å². The zero-order valence-corrected chi connectivity index (χ0v) is 16.6. The zero-order valence-electron chi connectivity index (χ0n) is 14.9. The molecule has 2 aliphatic rings.